The maximum atomic E-state index is 13.5. The number of hydrogen-bond acceptors (Lipinski definition) is 9. The maximum absolute atomic E-state index is 13.5. The number of nitrogens with two attached hydrogens (primary N) is 1. The first-order chi connectivity index (χ1) is 19.8. The molecule has 2 aliphatic heterocycles. The van der Waals surface area contributed by atoms with Crippen LogP contribution in [0.3, 0.4) is 0 Å². The Balaban J connectivity index is 1.54. The van der Waals surface area contributed by atoms with Gasteiger partial charge in [-0.2, -0.15) is 0 Å². The van der Waals surface area contributed by atoms with Gasteiger partial charge in [0.1, 0.15) is 0 Å². The molecule has 12 nitrogen and oxygen atoms in total. The van der Waals surface area contributed by atoms with Crippen LogP contribution >= 0.6 is 0 Å². The smallest absolute Gasteiger partial charge is 0.465 e. The van der Waals surface area contributed by atoms with Crippen LogP contribution in [0.1, 0.15) is 65.4 Å². The van der Waals surface area contributed by atoms with Crippen LogP contribution in [0.15, 0.2) is 30.6 Å². The number of pyridine rings is 2. The number of nitrogen functional groups attached to an aromatic ring is 1. The number of carboxylic acid groups (broad SMARTS) is 1. The third-order valence-corrected chi connectivity index (χ3v) is 13.7. The number of piperidine rings is 1. The molecule has 0 aliphatic carbocycles. The molecule has 4 rings (SSSR count). The molecule has 0 unspecified atom stereocenters. The molecule has 0 aromatic carbocycles. The highest BCUT2D eigenvalue weighted by atomic mass is 28.4. The summed E-state index contributed by atoms with van der Waals surface area (Å²) in [5.74, 6) is -0.513. The maximum Gasteiger partial charge on any atom is 0.514 e. The molecule has 2 atom stereocenters. The summed E-state index contributed by atoms with van der Waals surface area (Å²) in [5, 5.41) is 15.2. The lowest BCUT2D eigenvalue weighted by atomic mass is 9.84. The molecule has 5 N–H and O–H groups in total. The Morgan fingerprint density at radius 2 is 1.81 bits per heavy atom. The predicted molar refractivity (Wildman–Crippen MR) is 170 cm³/mol. The van der Waals surface area contributed by atoms with E-state index >= 15 is 0 Å². The van der Waals surface area contributed by atoms with E-state index in [1.165, 1.54) is 0 Å². The zero-order chi connectivity index (χ0) is 32.0. The van der Waals surface area contributed by atoms with Crippen molar-refractivity contribution in [2.45, 2.75) is 96.4 Å². The predicted octanol–water partition coefficient (Wildman–Crippen LogP) is 3.85. The number of rotatable bonds is 7. The van der Waals surface area contributed by atoms with Gasteiger partial charge in [0, 0.05) is 19.3 Å². The van der Waals surface area contributed by atoms with E-state index in [4.69, 9.17) is 19.5 Å². The molecular weight excluding hydrogens is 567 g/mol. The SMILES string of the molecule is CC1(C)OB(c2ccc(N)c(C(=O)Nc3cnccc3N3CC[C@@H](O[Si](C)(C)C(C)(C)C)[C@H](NC(=O)O)C3)n2)OC1(C)C. The molecule has 234 valence electrons. The van der Waals surface area contributed by atoms with E-state index in [1.54, 1.807) is 30.6 Å². The summed E-state index contributed by atoms with van der Waals surface area (Å²) >= 11 is 0. The quantitative estimate of drug-likeness (QED) is 0.338. The average Bonchev–Trinajstić information content (AvgIpc) is 3.11. The van der Waals surface area contributed by atoms with Gasteiger partial charge in [-0.3, -0.25) is 9.78 Å². The van der Waals surface area contributed by atoms with E-state index < -0.39 is 44.7 Å². The largest absolute Gasteiger partial charge is 0.514 e. The molecule has 2 saturated heterocycles. The number of anilines is 3. The molecule has 2 aromatic rings. The zero-order valence-corrected chi connectivity index (χ0v) is 27.6. The van der Waals surface area contributed by atoms with Crippen LogP contribution < -0.4 is 26.9 Å². The highest BCUT2D eigenvalue weighted by Gasteiger charge is 2.52. The van der Waals surface area contributed by atoms with Crippen LogP contribution in [0.5, 0.6) is 0 Å². The molecule has 2 amide bonds. The van der Waals surface area contributed by atoms with Crippen LogP contribution in [0.25, 0.3) is 0 Å². The summed E-state index contributed by atoms with van der Waals surface area (Å²) in [6.07, 6.45) is 2.42. The molecule has 2 aromatic heterocycles. The van der Waals surface area contributed by atoms with Gasteiger partial charge in [0.05, 0.1) is 52.2 Å². The van der Waals surface area contributed by atoms with Crippen molar-refractivity contribution in [3.8, 4) is 0 Å². The van der Waals surface area contributed by atoms with Crippen LogP contribution in [-0.4, -0.2) is 78.9 Å². The Labute approximate surface area is 255 Å². The molecule has 0 saturated carbocycles. The third kappa shape index (κ3) is 6.97. The minimum absolute atomic E-state index is 0.0178. The Morgan fingerprint density at radius 1 is 1.16 bits per heavy atom. The lowest BCUT2D eigenvalue weighted by molar-refractivity contribution is 0.00578. The van der Waals surface area contributed by atoms with Crippen molar-refractivity contribution in [2.24, 2.45) is 0 Å². The van der Waals surface area contributed by atoms with E-state index in [2.05, 4.69) is 54.5 Å². The molecule has 0 bridgehead atoms. The summed E-state index contributed by atoms with van der Waals surface area (Å²) in [4.78, 5) is 36.0. The van der Waals surface area contributed by atoms with Crippen molar-refractivity contribution in [3.05, 3.63) is 36.3 Å². The Bertz CT molecular complexity index is 1350. The van der Waals surface area contributed by atoms with Gasteiger partial charge in [-0.15, -0.1) is 0 Å². The lowest BCUT2D eigenvalue weighted by Gasteiger charge is -2.45. The van der Waals surface area contributed by atoms with Crippen LogP contribution in [0.4, 0.5) is 21.9 Å². The first-order valence-corrected chi connectivity index (χ1v) is 17.5. The van der Waals surface area contributed by atoms with Crippen molar-refractivity contribution in [3.63, 3.8) is 0 Å². The lowest BCUT2D eigenvalue weighted by Crippen LogP contribution is -2.59. The van der Waals surface area contributed by atoms with Crippen LogP contribution in [0.2, 0.25) is 18.1 Å². The van der Waals surface area contributed by atoms with Crippen molar-refractivity contribution in [1.82, 2.24) is 15.3 Å². The minimum atomic E-state index is -2.15. The van der Waals surface area contributed by atoms with E-state index in [0.717, 1.165) is 0 Å². The summed E-state index contributed by atoms with van der Waals surface area (Å²) in [5.41, 5.74) is 6.89. The monoisotopic (exact) mass is 612 g/mol. The first kappa shape index (κ1) is 32.7. The Kier molecular flexibility index (Phi) is 8.91. The number of nitrogens with one attached hydrogen (secondary N) is 2. The van der Waals surface area contributed by atoms with Gasteiger partial charge in [0.15, 0.2) is 14.0 Å². The Hall–Kier alpha value is -3.20. The molecule has 0 radical (unpaired) electrons. The summed E-state index contributed by atoms with van der Waals surface area (Å²) < 4.78 is 18.9. The standard InChI is InChI=1S/C29H45BN6O6Si/c1-27(2,3)43(8,9)40-22-13-15-36(17-20(22)34-26(38)39)21-12-14-32-16-19(21)33-25(37)24-18(31)10-11-23(35-24)30-41-28(4,5)29(6,7)42-30/h10-12,14,16,20,22,34H,13,15,17,31H2,1-9H3,(H,33,37)(H,38,39)/t20-,22-/m1/s1. The fourth-order valence-corrected chi connectivity index (χ4v) is 6.24. The van der Waals surface area contributed by atoms with E-state index in [1.807, 2.05) is 32.6 Å². The summed E-state index contributed by atoms with van der Waals surface area (Å²) in [6.45, 7) is 19.5. The minimum Gasteiger partial charge on any atom is -0.465 e. The second kappa shape index (κ2) is 11.7. The van der Waals surface area contributed by atoms with Gasteiger partial charge in [0.25, 0.3) is 5.91 Å². The van der Waals surface area contributed by atoms with Gasteiger partial charge in [-0.25, -0.2) is 9.78 Å². The number of hydrogen-bond donors (Lipinski definition) is 4. The molecule has 14 heteroatoms. The number of amides is 2. The van der Waals surface area contributed by atoms with E-state index in [9.17, 15) is 14.7 Å². The number of nitrogens with zero attached hydrogens (tertiary/aromatic N) is 3. The van der Waals surface area contributed by atoms with Crippen molar-refractivity contribution >= 4 is 50.1 Å². The van der Waals surface area contributed by atoms with E-state index in [0.29, 0.717) is 36.5 Å². The topological polar surface area (TPSA) is 161 Å². The number of carbonyl (C=O) groups is 2. The highest BCUT2D eigenvalue weighted by molar-refractivity contribution is 6.74. The molecule has 4 heterocycles. The second-order valence-electron chi connectivity index (χ2n) is 13.8. The fraction of sp³-hybridized carbons (Fsp3) is 0.586. The second-order valence-corrected chi connectivity index (χ2v) is 18.6. The van der Waals surface area contributed by atoms with Gasteiger partial charge in [-0.1, -0.05) is 20.8 Å². The first-order valence-electron chi connectivity index (χ1n) is 14.6. The fourth-order valence-electron chi connectivity index (χ4n) is 4.85. The highest BCUT2D eigenvalue weighted by Crippen LogP contribution is 2.39. The molecule has 2 aliphatic rings. The molecule has 2 fully saturated rings. The molecule has 0 spiro atoms. The normalized spacial score (nSPS) is 21.9. The van der Waals surface area contributed by atoms with Crippen LogP contribution in [0, 0.1) is 0 Å². The van der Waals surface area contributed by atoms with Crippen LogP contribution in [-0.2, 0) is 13.7 Å². The summed E-state index contributed by atoms with van der Waals surface area (Å²) in [6, 6.07) is 4.63. The van der Waals surface area contributed by atoms with Crippen molar-refractivity contribution < 1.29 is 28.4 Å². The number of aromatic nitrogens is 2. The average molecular weight is 613 g/mol. The van der Waals surface area contributed by atoms with Gasteiger partial charge >= 0.3 is 13.2 Å². The Morgan fingerprint density at radius 3 is 2.42 bits per heavy atom. The summed E-state index contributed by atoms with van der Waals surface area (Å²) in [7, 11) is -2.90. The third-order valence-electron chi connectivity index (χ3n) is 9.16. The van der Waals surface area contributed by atoms with Gasteiger partial charge in [0.2, 0.25) is 0 Å². The molecule has 43 heavy (non-hydrogen) atoms. The van der Waals surface area contributed by atoms with Gasteiger partial charge < -0.3 is 40.1 Å². The molecular formula is C29H45BN6O6Si. The number of carbonyl (C=O) groups excluding carboxylic acids is 1. The van der Waals surface area contributed by atoms with E-state index in [-0.39, 0.29) is 22.5 Å². The van der Waals surface area contributed by atoms with Crippen molar-refractivity contribution in [2.75, 3.05) is 29.0 Å². The zero-order valence-electron chi connectivity index (χ0n) is 26.6. The van der Waals surface area contributed by atoms with Crippen molar-refractivity contribution in [1.29, 1.82) is 0 Å². The van der Waals surface area contributed by atoms with Gasteiger partial charge in [-0.05, 0) is 70.4 Å².